The van der Waals surface area contributed by atoms with Crippen molar-refractivity contribution in [2.24, 2.45) is 11.8 Å². The van der Waals surface area contributed by atoms with Crippen molar-refractivity contribution in [2.45, 2.75) is 59.3 Å². The molecule has 3 heteroatoms. The molecule has 1 aliphatic heterocycles. The smallest absolute Gasteiger partial charge is 0.361 e. The Hall–Kier alpha value is -0.570. The highest BCUT2D eigenvalue weighted by atomic mass is 16.5. The molecule has 1 saturated heterocycles. The van der Waals surface area contributed by atoms with Gasteiger partial charge in [-0.2, -0.15) is 0 Å². The van der Waals surface area contributed by atoms with Gasteiger partial charge in [-0.15, -0.1) is 0 Å². The van der Waals surface area contributed by atoms with Gasteiger partial charge in [0.05, 0.1) is 19.7 Å². The van der Waals surface area contributed by atoms with Gasteiger partial charge in [-0.3, -0.25) is 0 Å². The van der Waals surface area contributed by atoms with Gasteiger partial charge in [0.1, 0.15) is 0 Å². The average Bonchev–Trinajstić information content (AvgIpc) is 2.81. The van der Waals surface area contributed by atoms with Crippen molar-refractivity contribution in [1.82, 2.24) is 0 Å². The number of nitrogens with one attached hydrogen (secondary N) is 1. The quantitative estimate of drug-likeness (QED) is 0.650. The van der Waals surface area contributed by atoms with Crippen LogP contribution in [0.25, 0.3) is 0 Å². The van der Waals surface area contributed by atoms with Crippen molar-refractivity contribution < 1.29 is 14.4 Å². The summed E-state index contributed by atoms with van der Waals surface area (Å²) >= 11 is 0. The number of quaternary nitrogens is 1. The number of hydrogen-bond acceptors (Lipinski definition) is 2. The van der Waals surface area contributed by atoms with E-state index in [1.54, 1.807) is 0 Å². The summed E-state index contributed by atoms with van der Waals surface area (Å²) in [7, 11) is 0. The Balaban J connectivity index is 1.97. The Kier molecular flexibility index (Phi) is 8.11. The maximum Gasteiger partial charge on any atom is 0.361 e. The van der Waals surface area contributed by atoms with E-state index in [0.717, 1.165) is 25.4 Å². The van der Waals surface area contributed by atoms with Gasteiger partial charge in [0.25, 0.3) is 0 Å². The number of carbonyl (C=O) groups is 1. The number of esters is 1. The third kappa shape index (κ3) is 8.25. The van der Waals surface area contributed by atoms with Crippen LogP contribution in [0.4, 0.5) is 0 Å². The van der Waals surface area contributed by atoms with E-state index < -0.39 is 0 Å². The summed E-state index contributed by atoms with van der Waals surface area (Å²) < 4.78 is 5.34. The summed E-state index contributed by atoms with van der Waals surface area (Å²) in [5.74, 6) is 1.46. The highest BCUT2D eigenvalue weighted by Gasteiger charge is 2.19. The van der Waals surface area contributed by atoms with Crippen LogP contribution in [0, 0.1) is 11.8 Å². The Morgan fingerprint density at radius 3 is 2.42 bits per heavy atom. The van der Waals surface area contributed by atoms with Gasteiger partial charge in [0, 0.05) is 12.8 Å². The molecule has 1 fully saturated rings. The maximum atomic E-state index is 11.6. The molecule has 0 spiro atoms. The lowest BCUT2D eigenvalue weighted by atomic mass is 9.98. The predicted molar refractivity (Wildman–Crippen MR) is 78.2 cm³/mol. The van der Waals surface area contributed by atoms with Gasteiger partial charge >= 0.3 is 5.97 Å². The Labute approximate surface area is 118 Å². The van der Waals surface area contributed by atoms with E-state index in [-0.39, 0.29) is 5.97 Å². The van der Waals surface area contributed by atoms with Crippen molar-refractivity contribution in [1.29, 1.82) is 0 Å². The van der Waals surface area contributed by atoms with E-state index in [1.807, 2.05) is 0 Å². The Morgan fingerprint density at radius 1 is 1.11 bits per heavy atom. The van der Waals surface area contributed by atoms with Gasteiger partial charge < -0.3 is 9.64 Å². The number of ether oxygens (including phenoxy) is 1. The second-order valence-corrected chi connectivity index (χ2v) is 6.57. The molecule has 0 amide bonds. The zero-order valence-electron chi connectivity index (χ0n) is 13.0. The third-order valence-electron chi connectivity index (χ3n) is 4.06. The van der Waals surface area contributed by atoms with Gasteiger partial charge in [0.2, 0.25) is 0 Å². The number of rotatable bonds is 9. The molecule has 0 aliphatic carbocycles. The SMILES string of the molecule is CC(C)CCC[C@H](C)CCOC(=O)C[NH+]1CCCC1. The molecule has 0 aromatic rings. The number of hydrogen-bond donors (Lipinski definition) is 1. The summed E-state index contributed by atoms with van der Waals surface area (Å²) in [5, 5.41) is 0. The van der Waals surface area contributed by atoms with E-state index in [2.05, 4.69) is 20.8 Å². The second kappa shape index (κ2) is 9.35. The molecule has 112 valence electrons. The first kappa shape index (κ1) is 16.5. The van der Waals surface area contributed by atoms with Crippen LogP contribution in [0.3, 0.4) is 0 Å². The fourth-order valence-corrected chi connectivity index (χ4v) is 2.70. The van der Waals surface area contributed by atoms with Crippen LogP contribution in [0.1, 0.15) is 59.3 Å². The molecule has 3 nitrogen and oxygen atoms in total. The van der Waals surface area contributed by atoms with Crippen LogP contribution in [-0.4, -0.2) is 32.2 Å². The summed E-state index contributed by atoms with van der Waals surface area (Å²) in [6.45, 7) is 10.3. The summed E-state index contributed by atoms with van der Waals surface area (Å²) in [5.41, 5.74) is 0. The Morgan fingerprint density at radius 2 is 1.79 bits per heavy atom. The summed E-state index contributed by atoms with van der Waals surface area (Å²) in [6.07, 6.45) is 7.39. The summed E-state index contributed by atoms with van der Waals surface area (Å²) in [4.78, 5) is 13.0. The molecular weight excluding hydrogens is 238 g/mol. The topological polar surface area (TPSA) is 30.7 Å². The normalized spacial score (nSPS) is 17.9. The van der Waals surface area contributed by atoms with Gasteiger partial charge in [0.15, 0.2) is 6.54 Å². The van der Waals surface area contributed by atoms with Crippen LogP contribution in [0.5, 0.6) is 0 Å². The van der Waals surface area contributed by atoms with Crippen molar-refractivity contribution in [2.75, 3.05) is 26.2 Å². The standard InChI is InChI=1S/C16H31NO2/c1-14(2)7-6-8-15(3)9-12-19-16(18)13-17-10-4-5-11-17/h14-15H,4-13H2,1-3H3/p+1/t15-/m0/s1. The van der Waals surface area contributed by atoms with Crippen LogP contribution in [0.2, 0.25) is 0 Å². The minimum Gasteiger partial charge on any atom is -0.462 e. The van der Waals surface area contributed by atoms with Crippen LogP contribution < -0.4 is 4.90 Å². The second-order valence-electron chi connectivity index (χ2n) is 6.57. The maximum absolute atomic E-state index is 11.6. The van der Waals surface area contributed by atoms with E-state index in [0.29, 0.717) is 19.1 Å². The van der Waals surface area contributed by atoms with Crippen LogP contribution in [-0.2, 0) is 9.53 Å². The Bertz CT molecular complexity index is 247. The minimum absolute atomic E-state index is 0.00807. The van der Waals surface area contributed by atoms with E-state index in [4.69, 9.17) is 4.74 Å². The lowest BCUT2D eigenvalue weighted by molar-refractivity contribution is -0.879. The molecule has 0 aromatic carbocycles. The zero-order valence-corrected chi connectivity index (χ0v) is 13.0. The third-order valence-corrected chi connectivity index (χ3v) is 4.06. The van der Waals surface area contributed by atoms with Crippen molar-refractivity contribution in [3.8, 4) is 0 Å². The summed E-state index contributed by atoms with van der Waals surface area (Å²) in [6, 6.07) is 0. The molecule has 1 N–H and O–H groups in total. The highest BCUT2D eigenvalue weighted by Crippen LogP contribution is 2.14. The molecule has 1 rings (SSSR count). The predicted octanol–water partition coefficient (Wildman–Crippen LogP) is 2.06. The first-order valence-corrected chi connectivity index (χ1v) is 8.07. The molecule has 1 aliphatic rings. The first-order chi connectivity index (χ1) is 9.08. The fraction of sp³-hybridized carbons (Fsp3) is 0.938. The molecule has 19 heavy (non-hydrogen) atoms. The minimum atomic E-state index is -0.00807. The van der Waals surface area contributed by atoms with Gasteiger partial charge in [-0.05, 0) is 18.3 Å². The fourth-order valence-electron chi connectivity index (χ4n) is 2.70. The molecular formula is C16H32NO2+. The molecule has 0 aromatic heterocycles. The average molecular weight is 270 g/mol. The van der Waals surface area contributed by atoms with E-state index in [1.165, 1.54) is 37.0 Å². The van der Waals surface area contributed by atoms with Crippen molar-refractivity contribution in [3.63, 3.8) is 0 Å². The zero-order chi connectivity index (χ0) is 14.1. The van der Waals surface area contributed by atoms with Crippen molar-refractivity contribution in [3.05, 3.63) is 0 Å². The molecule has 0 radical (unpaired) electrons. The lowest BCUT2D eigenvalue weighted by Gasteiger charge is -2.14. The first-order valence-electron chi connectivity index (χ1n) is 8.07. The van der Waals surface area contributed by atoms with Gasteiger partial charge in [-0.1, -0.05) is 40.0 Å². The van der Waals surface area contributed by atoms with E-state index >= 15 is 0 Å². The van der Waals surface area contributed by atoms with Crippen molar-refractivity contribution >= 4 is 5.97 Å². The number of likely N-dealkylation sites (tertiary alicyclic amines) is 1. The lowest BCUT2D eigenvalue weighted by Crippen LogP contribution is -3.11. The molecule has 1 atom stereocenters. The highest BCUT2D eigenvalue weighted by molar-refractivity contribution is 5.70. The van der Waals surface area contributed by atoms with Crippen LogP contribution >= 0.6 is 0 Å². The molecule has 0 bridgehead atoms. The van der Waals surface area contributed by atoms with Gasteiger partial charge in [-0.25, -0.2) is 4.79 Å². The largest absolute Gasteiger partial charge is 0.462 e. The van der Waals surface area contributed by atoms with Crippen LogP contribution in [0.15, 0.2) is 0 Å². The number of carbonyl (C=O) groups excluding carboxylic acids is 1. The monoisotopic (exact) mass is 270 g/mol. The van der Waals surface area contributed by atoms with E-state index in [9.17, 15) is 4.79 Å². The molecule has 0 unspecified atom stereocenters. The molecule has 0 saturated carbocycles. The molecule has 1 heterocycles.